The number of primary amides is 1. The zero-order valence-electron chi connectivity index (χ0n) is 16.7. The molecule has 0 atom stereocenters. The summed E-state index contributed by atoms with van der Waals surface area (Å²) in [6.07, 6.45) is 1.39. The van der Waals surface area contributed by atoms with Gasteiger partial charge in [0.15, 0.2) is 5.78 Å². The Bertz CT molecular complexity index is 907. The van der Waals surface area contributed by atoms with E-state index in [0.29, 0.717) is 55.1 Å². The monoisotopic (exact) mass is 433 g/mol. The number of halogens is 1. The minimum absolute atomic E-state index is 0.0365. The Morgan fingerprint density at radius 2 is 1.87 bits per heavy atom. The molecule has 1 saturated heterocycles. The van der Waals surface area contributed by atoms with E-state index in [9.17, 15) is 18.8 Å². The van der Waals surface area contributed by atoms with Crippen LogP contribution in [-0.4, -0.2) is 56.0 Å². The van der Waals surface area contributed by atoms with Gasteiger partial charge in [-0.25, -0.2) is 14.0 Å². The van der Waals surface area contributed by atoms with E-state index in [0.717, 1.165) is 0 Å². The summed E-state index contributed by atoms with van der Waals surface area (Å²) in [7, 11) is 1.29. The standard InChI is InChI=1S/C21H24FN3O4S/c1-29-20(27)19-17(8-13-30-19)25(21(23)28)12-11-24-9-6-15(7-10-24)18(26)14-2-4-16(22)5-3-14/h2-5,8,13,15H,6-7,9-12H2,1H3,(H2,23,28). The smallest absolute Gasteiger partial charge is 0.350 e. The number of ketones is 1. The number of hydrogen-bond donors (Lipinski definition) is 1. The fourth-order valence-corrected chi connectivity index (χ4v) is 4.43. The molecule has 0 spiro atoms. The molecule has 1 aromatic carbocycles. The largest absolute Gasteiger partial charge is 0.465 e. The van der Waals surface area contributed by atoms with Crippen LogP contribution in [0.1, 0.15) is 32.9 Å². The summed E-state index contributed by atoms with van der Waals surface area (Å²) in [5.41, 5.74) is 6.52. The molecule has 160 valence electrons. The average Bonchev–Trinajstić information content (AvgIpc) is 3.23. The van der Waals surface area contributed by atoms with Gasteiger partial charge in [0.25, 0.3) is 0 Å². The van der Waals surface area contributed by atoms with Crippen molar-refractivity contribution in [1.82, 2.24) is 4.90 Å². The van der Waals surface area contributed by atoms with E-state index in [1.807, 2.05) is 0 Å². The van der Waals surface area contributed by atoms with Gasteiger partial charge in [0.05, 0.1) is 12.8 Å². The van der Waals surface area contributed by atoms with E-state index in [-0.39, 0.29) is 17.5 Å². The number of ether oxygens (including phenoxy) is 1. The van der Waals surface area contributed by atoms with Crippen molar-refractivity contribution in [2.45, 2.75) is 12.8 Å². The Labute approximate surface area is 178 Å². The summed E-state index contributed by atoms with van der Waals surface area (Å²) >= 11 is 1.19. The van der Waals surface area contributed by atoms with Gasteiger partial charge in [-0.2, -0.15) is 0 Å². The summed E-state index contributed by atoms with van der Waals surface area (Å²) in [6.45, 7) is 2.30. The van der Waals surface area contributed by atoms with E-state index in [1.54, 1.807) is 11.4 Å². The third-order valence-corrected chi connectivity index (χ3v) is 6.18. The number of anilines is 1. The van der Waals surface area contributed by atoms with Crippen molar-refractivity contribution < 1.29 is 23.5 Å². The Balaban J connectivity index is 1.56. The van der Waals surface area contributed by atoms with Crippen LogP contribution in [0.15, 0.2) is 35.7 Å². The molecule has 0 radical (unpaired) electrons. The summed E-state index contributed by atoms with van der Waals surface area (Å²) < 4.78 is 17.8. The van der Waals surface area contributed by atoms with Gasteiger partial charge in [0.1, 0.15) is 10.7 Å². The van der Waals surface area contributed by atoms with Crippen LogP contribution < -0.4 is 10.6 Å². The number of piperidine rings is 1. The number of carbonyl (C=O) groups excluding carboxylic acids is 3. The number of nitrogens with two attached hydrogens (primary N) is 1. The number of thiophene rings is 1. The highest BCUT2D eigenvalue weighted by molar-refractivity contribution is 7.12. The van der Waals surface area contributed by atoms with Crippen LogP contribution in [-0.2, 0) is 4.74 Å². The minimum atomic E-state index is -0.639. The number of rotatable bonds is 7. The zero-order chi connectivity index (χ0) is 21.7. The molecule has 2 heterocycles. The van der Waals surface area contributed by atoms with Crippen molar-refractivity contribution >= 4 is 34.8 Å². The summed E-state index contributed by atoms with van der Waals surface area (Å²) in [6, 6.07) is 6.68. The molecule has 0 saturated carbocycles. The van der Waals surface area contributed by atoms with Gasteiger partial charge in [-0.1, -0.05) is 0 Å². The van der Waals surface area contributed by atoms with Crippen LogP contribution in [0.5, 0.6) is 0 Å². The van der Waals surface area contributed by atoms with Gasteiger partial charge in [-0.05, 0) is 61.6 Å². The van der Waals surface area contributed by atoms with Crippen LogP contribution in [0.3, 0.4) is 0 Å². The molecule has 9 heteroatoms. The van der Waals surface area contributed by atoms with Gasteiger partial charge in [0.2, 0.25) is 0 Å². The van der Waals surface area contributed by atoms with Gasteiger partial charge < -0.3 is 15.4 Å². The lowest BCUT2D eigenvalue weighted by atomic mass is 9.89. The number of Topliss-reactive ketones (excluding diaryl/α,β-unsaturated/α-hetero) is 1. The summed E-state index contributed by atoms with van der Waals surface area (Å²) in [5.74, 6) is -0.927. The number of nitrogens with zero attached hydrogens (tertiary/aromatic N) is 2. The van der Waals surface area contributed by atoms with Crippen LogP contribution in [0.25, 0.3) is 0 Å². The number of methoxy groups -OCH3 is 1. The van der Waals surface area contributed by atoms with E-state index < -0.39 is 12.0 Å². The molecule has 1 fully saturated rings. The lowest BCUT2D eigenvalue weighted by Crippen LogP contribution is -2.44. The maximum absolute atomic E-state index is 13.1. The molecule has 2 aromatic rings. The minimum Gasteiger partial charge on any atom is -0.465 e. The third-order valence-electron chi connectivity index (χ3n) is 5.30. The first-order valence-corrected chi connectivity index (χ1v) is 10.5. The molecule has 3 rings (SSSR count). The van der Waals surface area contributed by atoms with Crippen molar-refractivity contribution in [3.63, 3.8) is 0 Å². The molecule has 0 bridgehead atoms. The molecule has 1 aliphatic rings. The number of amides is 2. The first-order chi connectivity index (χ1) is 14.4. The SMILES string of the molecule is COC(=O)c1sccc1N(CCN1CCC(C(=O)c2ccc(F)cc2)CC1)C(N)=O. The Morgan fingerprint density at radius 3 is 2.47 bits per heavy atom. The first kappa shape index (κ1) is 21.9. The molecule has 2 N–H and O–H groups in total. The summed E-state index contributed by atoms with van der Waals surface area (Å²) in [4.78, 5) is 40.4. The van der Waals surface area contributed by atoms with Crippen molar-refractivity contribution in [3.8, 4) is 0 Å². The normalized spacial score (nSPS) is 15.0. The van der Waals surface area contributed by atoms with Crippen LogP contribution in [0.4, 0.5) is 14.9 Å². The second-order valence-corrected chi connectivity index (χ2v) is 8.02. The van der Waals surface area contributed by atoms with E-state index in [4.69, 9.17) is 10.5 Å². The Hall–Kier alpha value is -2.78. The highest BCUT2D eigenvalue weighted by atomic mass is 32.1. The number of likely N-dealkylation sites (tertiary alicyclic amines) is 1. The number of esters is 1. The molecule has 2 amide bonds. The fraction of sp³-hybridized carbons (Fsp3) is 0.381. The lowest BCUT2D eigenvalue weighted by molar-refractivity contribution is 0.0607. The average molecular weight is 434 g/mol. The number of urea groups is 1. The second kappa shape index (κ2) is 9.82. The highest BCUT2D eigenvalue weighted by Crippen LogP contribution is 2.27. The van der Waals surface area contributed by atoms with Gasteiger partial charge in [-0.3, -0.25) is 9.69 Å². The van der Waals surface area contributed by atoms with Crippen molar-refractivity contribution in [1.29, 1.82) is 0 Å². The fourth-order valence-electron chi connectivity index (χ4n) is 3.62. The molecule has 1 aromatic heterocycles. The Kier molecular flexibility index (Phi) is 7.17. The molecule has 0 unspecified atom stereocenters. The van der Waals surface area contributed by atoms with Crippen LogP contribution >= 0.6 is 11.3 Å². The van der Waals surface area contributed by atoms with Crippen LogP contribution in [0.2, 0.25) is 0 Å². The topological polar surface area (TPSA) is 92.9 Å². The molecular weight excluding hydrogens is 409 g/mol. The predicted molar refractivity (Wildman–Crippen MR) is 112 cm³/mol. The van der Waals surface area contributed by atoms with E-state index in [1.165, 1.54) is 47.6 Å². The molecule has 1 aliphatic heterocycles. The maximum atomic E-state index is 13.1. The maximum Gasteiger partial charge on any atom is 0.350 e. The van der Waals surface area contributed by atoms with Crippen molar-refractivity contribution in [2.24, 2.45) is 11.7 Å². The third kappa shape index (κ3) is 5.03. The highest BCUT2D eigenvalue weighted by Gasteiger charge is 2.27. The van der Waals surface area contributed by atoms with Crippen LogP contribution in [0, 0.1) is 11.7 Å². The number of hydrogen-bond acceptors (Lipinski definition) is 6. The first-order valence-electron chi connectivity index (χ1n) is 9.65. The lowest BCUT2D eigenvalue weighted by Gasteiger charge is -2.32. The number of benzene rings is 1. The van der Waals surface area contributed by atoms with E-state index >= 15 is 0 Å². The molecule has 0 aliphatic carbocycles. The molecule has 30 heavy (non-hydrogen) atoms. The quantitative estimate of drug-likeness (QED) is 0.535. The van der Waals surface area contributed by atoms with Gasteiger partial charge in [0, 0.05) is 24.6 Å². The van der Waals surface area contributed by atoms with Crippen molar-refractivity contribution in [3.05, 3.63) is 52.0 Å². The zero-order valence-corrected chi connectivity index (χ0v) is 17.5. The second-order valence-electron chi connectivity index (χ2n) is 7.10. The van der Waals surface area contributed by atoms with Crippen molar-refractivity contribution in [2.75, 3.05) is 38.2 Å². The number of carbonyl (C=O) groups is 3. The Morgan fingerprint density at radius 1 is 1.20 bits per heavy atom. The predicted octanol–water partition coefficient (Wildman–Crippen LogP) is 3.15. The van der Waals surface area contributed by atoms with E-state index in [2.05, 4.69) is 4.90 Å². The summed E-state index contributed by atoms with van der Waals surface area (Å²) in [5, 5.41) is 1.71. The molecular formula is C21H24FN3O4S. The van der Waals surface area contributed by atoms with Gasteiger partial charge >= 0.3 is 12.0 Å². The van der Waals surface area contributed by atoms with Gasteiger partial charge in [-0.15, -0.1) is 11.3 Å². The molecule has 7 nitrogen and oxygen atoms in total.